The van der Waals surface area contributed by atoms with Crippen molar-refractivity contribution < 1.29 is 15.0 Å². The van der Waals surface area contributed by atoms with E-state index in [0.717, 1.165) is 0 Å². The molecule has 2 aromatic rings. The molecule has 116 valence electrons. The molecule has 0 heterocycles. The minimum absolute atomic E-state index is 0.0165. The highest BCUT2D eigenvalue weighted by Crippen LogP contribution is 2.23. The second-order valence-corrected chi connectivity index (χ2v) is 5.69. The van der Waals surface area contributed by atoms with E-state index in [1.165, 1.54) is 0 Å². The normalized spacial score (nSPS) is 14.9. The van der Waals surface area contributed by atoms with E-state index in [1.807, 2.05) is 18.2 Å². The molecule has 0 saturated heterocycles. The van der Waals surface area contributed by atoms with Crippen molar-refractivity contribution in [2.45, 2.75) is 18.6 Å². The Balaban J connectivity index is 2.02. The summed E-state index contributed by atoms with van der Waals surface area (Å²) in [5, 5.41) is 23.3. The molecule has 1 unspecified atom stereocenters. The van der Waals surface area contributed by atoms with Crippen LogP contribution in [0, 0.1) is 0 Å². The smallest absolute Gasteiger partial charge is 0.253 e. The number of hydrogen-bond acceptors (Lipinski definition) is 3. The van der Waals surface area contributed by atoms with Crippen molar-refractivity contribution in [3.8, 4) is 0 Å². The maximum atomic E-state index is 12.0. The zero-order valence-corrected chi connectivity index (χ0v) is 12.9. The van der Waals surface area contributed by atoms with E-state index < -0.39 is 17.6 Å². The monoisotopic (exact) mass is 319 g/mol. The zero-order chi connectivity index (χ0) is 16.2. The molecule has 0 aromatic heterocycles. The summed E-state index contributed by atoms with van der Waals surface area (Å²) in [5.74, 6) is -0.607. The van der Waals surface area contributed by atoms with Gasteiger partial charge in [0.05, 0.1) is 6.54 Å². The molecule has 0 radical (unpaired) electrons. The van der Waals surface area contributed by atoms with E-state index in [-0.39, 0.29) is 6.54 Å². The first-order chi connectivity index (χ1) is 10.4. The number of halogens is 1. The van der Waals surface area contributed by atoms with Crippen LogP contribution in [0.15, 0.2) is 54.6 Å². The summed E-state index contributed by atoms with van der Waals surface area (Å²) < 4.78 is 0. The highest BCUT2D eigenvalue weighted by atomic mass is 35.5. The van der Waals surface area contributed by atoms with Gasteiger partial charge >= 0.3 is 0 Å². The molecule has 1 amide bonds. The maximum Gasteiger partial charge on any atom is 0.253 e. The minimum Gasteiger partial charge on any atom is -0.384 e. The van der Waals surface area contributed by atoms with Crippen molar-refractivity contribution in [3.63, 3.8) is 0 Å². The first kappa shape index (κ1) is 16.5. The molecule has 0 aliphatic heterocycles. The molecular formula is C17H18ClNO3. The van der Waals surface area contributed by atoms with Gasteiger partial charge in [-0.15, -0.1) is 0 Å². The van der Waals surface area contributed by atoms with Gasteiger partial charge in [0.2, 0.25) is 0 Å². The molecule has 3 N–H and O–H groups in total. The number of aliphatic hydroxyl groups excluding tert-OH is 1. The standard InChI is InChI=1S/C17H18ClNO3/c1-17(22,12-7-3-2-4-8-12)11-19-16(21)15(20)13-9-5-6-10-14(13)18/h2-10,15,20,22H,11H2,1H3,(H,19,21)/t15-,17?/m1/s1. The molecule has 2 atom stereocenters. The van der Waals surface area contributed by atoms with Crippen LogP contribution in [0.4, 0.5) is 0 Å². The van der Waals surface area contributed by atoms with E-state index in [0.29, 0.717) is 16.1 Å². The van der Waals surface area contributed by atoms with Crippen molar-refractivity contribution in [2.75, 3.05) is 6.54 Å². The van der Waals surface area contributed by atoms with E-state index >= 15 is 0 Å². The topological polar surface area (TPSA) is 69.6 Å². The number of amides is 1. The van der Waals surface area contributed by atoms with Crippen LogP contribution in [0.25, 0.3) is 0 Å². The lowest BCUT2D eigenvalue weighted by molar-refractivity contribution is -0.130. The van der Waals surface area contributed by atoms with Crippen molar-refractivity contribution in [1.82, 2.24) is 5.32 Å². The highest BCUT2D eigenvalue weighted by Gasteiger charge is 2.26. The van der Waals surface area contributed by atoms with Gasteiger partial charge in [-0.2, -0.15) is 0 Å². The third-order valence-electron chi connectivity index (χ3n) is 3.45. The van der Waals surface area contributed by atoms with Gasteiger partial charge in [0.15, 0.2) is 6.10 Å². The summed E-state index contributed by atoms with van der Waals surface area (Å²) in [6.45, 7) is 1.59. The molecule has 22 heavy (non-hydrogen) atoms. The lowest BCUT2D eigenvalue weighted by Crippen LogP contribution is -2.40. The molecule has 0 saturated carbocycles. The Morgan fingerprint density at radius 2 is 1.77 bits per heavy atom. The first-order valence-electron chi connectivity index (χ1n) is 6.90. The molecular weight excluding hydrogens is 302 g/mol. The van der Waals surface area contributed by atoms with Crippen LogP contribution >= 0.6 is 11.6 Å². The summed E-state index contributed by atoms with van der Waals surface area (Å²) in [6.07, 6.45) is -1.37. The fraction of sp³-hybridized carbons (Fsp3) is 0.235. The number of carbonyl (C=O) groups excluding carboxylic acids is 1. The van der Waals surface area contributed by atoms with Gasteiger partial charge in [-0.3, -0.25) is 4.79 Å². The average Bonchev–Trinajstić information content (AvgIpc) is 2.53. The van der Waals surface area contributed by atoms with Crippen molar-refractivity contribution in [1.29, 1.82) is 0 Å². The average molecular weight is 320 g/mol. The van der Waals surface area contributed by atoms with Gasteiger partial charge in [-0.1, -0.05) is 60.1 Å². The fourth-order valence-electron chi connectivity index (χ4n) is 2.09. The lowest BCUT2D eigenvalue weighted by atomic mass is 9.96. The molecule has 5 heteroatoms. The van der Waals surface area contributed by atoms with Crippen molar-refractivity contribution in [2.24, 2.45) is 0 Å². The number of carbonyl (C=O) groups is 1. The van der Waals surface area contributed by atoms with E-state index in [1.54, 1.807) is 43.3 Å². The fourth-order valence-corrected chi connectivity index (χ4v) is 2.33. The van der Waals surface area contributed by atoms with Crippen molar-refractivity contribution in [3.05, 3.63) is 70.7 Å². The molecule has 0 spiro atoms. The Morgan fingerprint density at radius 3 is 2.41 bits per heavy atom. The summed E-state index contributed by atoms with van der Waals surface area (Å²) >= 11 is 5.96. The summed E-state index contributed by atoms with van der Waals surface area (Å²) in [6, 6.07) is 15.6. The van der Waals surface area contributed by atoms with Crippen LogP contribution < -0.4 is 5.32 Å². The quantitative estimate of drug-likeness (QED) is 0.792. The van der Waals surface area contributed by atoms with Gasteiger partial charge in [0, 0.05) is 10.6 Å². The minimum atomic E-state index is -1.37. The summed E-state index contributed by atoms with van der Waals surface area (Å²) in [4.78, 5) is 12.0. The Morgan fingerprint density at radius 1 is 1.18 bits per heavy atom. The zero-order valence-electron chi connectivity index (χ0n) is 12.2. The predicted molar refractivity (Wildman–Crippen MR) is 85.4 cm³/mol. The van der Waals surface area contributed by atoms with Crippen LogP contribution in [0.2, 0.25) is 5.02 Å². The molecule has 0 fully saturated rings. The molecule has 2 rings (SSSR count). The number of benzene rings is 2. The molecule has 0 bridgehead atoms. The van der Waals surface area contributed by atoms with Crippen LogP contribution in [0.3, 0.4) is 0 Å². The SMILES string of the molecule is CC(O)(CNC(=O)[C@H](O)c1ccccc1Cl)c1ccccc1. The number of hydrogen-bond donors (Lipinski definition) is 3. The number of nitrogens with one attached hydrogen (secondary N) is 1. The van der Waals surface area contributed by atoms with Gasteiger partial charge in [-0.25, -0.2) is 0 Å². The van der Waals surface area contributed by atoms with Crippen LogP contribution in [-0.2, 0) is 10.4 Å². The molecule has 0 aliphatic carbocycles. The maximum absolute atomic E-state index is 12.0. The van der Waals surface area contributed by atoms with Gasteiger partial charge < -0.3 is 15.5 Å². The number of aliphatic hydroxyl groups is 2. The predicted octanol–water partition coefficient (Wildman–Crippen LogP) is 2.40. The number of rotatable bonds is 5. The highest BCUT2D eigenvalue weighted by molar-refractivity contribution is 6.31. The lowest BCUT2D eigenvalue weighted by Gasteiger charge is -2.25. The van der Waals surface area contributed by atoms with Crippen LogP contribution in [-0.4, -0.2) is 22.7 Å². The third-order valence-corrected chi connectivity index (χ3v) is 3.79. The molecule has 2 aromatic carbocycles. The third kappa shape index (κ3) is 3.85. The van der Waals surface area contributed by atoms with Crippen molar-refractivity contribution >= 4 is 17.5 Å². The Bertz CT molecular complexity index is 643. The second-order valence-electron chi connectivity index (χ2n) is 5.28. The first-order valence-corrected chi connectivity index (χ1v) is 7.28. The van der Waals surface area contributed by atoms with Gasteiger partial charge in [0.25, 0.3) is 5.91 Å². The van der Waals surface area contributed by atoms with E-state index in [2.05, 4.69) is 5.32 Å². The van der Waals surface area contributed by atoms with Gasteiger partial charge in [0.1, 0.15) is 5.60 Å². The largest absolute Gasteiger partial charge is 0.384 e. The van der Waals surface area contributed by atoms with Gasteiger partial charge in [-0.05, 0) is 18.6 Å². The summed E-state index contributed by atoms with van der Waals surface area (Å²) in [7, 11) is 0. The van der Waals surface area contributed by atoms with E-state index in [4.69, 9.17) is 11.6 Å². The Kier molecular flexibility index (Phi) is 5.19. The molecule has 4 nitrogen and oxygen atoms in total. The Labute approximate surface area is 134 Å². The molecule has 0 aliphatic rings. The Hall–Kier alpha value is -1.88. The second kappa shape index (κ2) is 6.92. The van der Waals surface area contributed by atoms with Crippen LogP contribution in [0.1, 0.15) is 24.2 Å². The van der Waals surface area contributed by atoms with E-state index in [9.17, 15) is 15.0 Å². The summed E-state index contributed by atoms with van der Waals surface area (Å²) in [5.41, 5.74) is -0.208. The van der Waals surface area contributed by atoms with Crippen LogP contribution in [0.5, 0.6) is 0 Å².